The third kappa shape index (κ3) is 3.13. The zero-order valence-corrected chi connectivity index (χ0v) is 15.5. The number of amides is 1. The van der Waals surface area contributed by atoms with Crippen molar-refractivity contribution in [1.82, 2.24) is 4.90 Å². The molecule has 2 fully saturated rings. The Morgan fingerprint density at radius 1 is 1.12 bits per heavy atom. The molecule has 4 nitrogen and oxygen atoms in total. The first-order chi connectivity index (χ1) is 12.0. The number of sulfone groups is 1. The van der Waals surface area contributed by atoms with Crippen molar-refractivity contribution >= 4 is 27.3 Å². The topological polar surface area (TPSA) is 54.5 Å². The summed E-state index contributed by atoms with van der Waals surface area (Å²) in [5.74, 6) is 1.05. The van der Waals surface area contributed by atoms with Crippen molar-refractivity contribution in [1.29, 1.82) is 0 Å². The van der Waals surface area contributed by atoms with Crippen LogP contribution >= 0.6 is 11.6 Å². The van der Waals surface area contributed by atoms with Crippen LogP contribution in [0.25, 0.3) is 0 Å². The van der Waals surface area contributed by atoms with Crippen molar-refractivity contribution in [2.45, 2.75) is 24.5 Å². The summed E-state index contributed by atoms with van der Waals surface area (Å²) >= 11 is 6.23. The van der Waals surface area contributed by atoms with Crippen LogP contribution in [0.15, 0.2) is 36.4 Å². The molecule has 1 saturated heterocycles. The molecule has 4 rings (SSSR count). The Hall–Kier alpha value is -1.33. The average Bonchev–Trinajstić information content (AvgIpc) is 3.17. The van der Waals surface area contributed by atoms with Crippen LogP contribution in [0.4, 0.5) is 0 Å². The molecule has 0 aromatic heterocycles. The quantitative estimate of drug-likeness (QED) is 0.741. The van der Waals surface area contributed by atoms with Gasteiger partial charge in [0.05, 0.1) is 11.0 Å². The summed E-state index contributed by atoms with van der Waals surface area (Å²) in [5.41, 5.74) is 0.654. The van der Waals surface area contributed by atoms with E-state index in [9.17, 15) is 13.2 Å². The second kappa shape index (κ2) is 6.44. The monoisotopic (exact) mass is 379 g/mol. The minimum absolute atomic E-state index is 0.00524. The summed E-state index contributed by atoms with van der Waals surface area (Å²) in [6, 6.07) is 7.12. The van der Waals surface area contributed by atoms with Crippen molar-refractivity contribution in [3.8, 4) is 0 Å². The number of carbonyl (C=O) groups excluding carboxylic acids is 1. The number of benzene rings is 1. The molecule has 3 aliphatic rings. The maximum atomic E-state index is 12.9. The van der Waals surface area contributed by atoms with E-state index in [0.29, 0.717) is 41.9 Å². The van der Waals surface area contributed by atoms with Gasteiger partial charge in [0.25, 0.3) is 0 Å². The number of allylic oxidation sites excluding steroid dienone is 2. The molecular weight excluding hydrogens is 358 g/mol. The molecule has 0 spiro atoms. The largest absolute Gasteiger partial charge is 0.341 e. The highest BCUT2D eigenvalue weighted by molar-refractivity contribution is 7.91. The third-order valence-electron chi connectivity index (χ3n) is 5.90. The second-order valence-electron chi connectivity index (χ2n) is 7.38. The molecule has 2 bridgehead atoms. The lowest BCUT2D eigenvalue weighted by Gasteiger charge is -2.26. The number of hydrogen-bond acceptors (Lipinski definition) is 3. The highest BCUT2D eigenvalue weighted by Gasteiger charge is 2.42. The van der Waals surface area contributed by atoms with Gasteiger partial charge in [0.1, 0.15) is 0 Å². The first-order valence-electron chi connectivity index (χ1n) is 8.89. The van der Waals surface area contributed by atoms with Crippen molar-refractivity contribution in [3.05, 3.63) is 47.0 Å². The lowest BCUT2D eigenvalue weighted by molar-refractivity contribution is -0.136. The predicted octanol–water partition coefficient (Wildman–Crippen LogP) is 3.24. The van der Waals surface area contributed by atoms with Gasteiger partial charge in [-0.25, -0.2) is 8.42 Å². The van der Waals surface area contributed by atoms with Gasteiger partial charge in [0.15, 0.2) is 9.84 Å². The highest BCUT2D eigenvalue weighted by Crippen LogP contribution is 2.44. The molecule has 0 unspecified atom stereocenters. The van der Waals surface area contributed by atoms with Crippen LogP contribution in [-0.2, 0) is 14.6 Å². The molecule has 1 heterocycles. The Labute approximate surface area is 153 Å². The van der Waals surface area contributed by atoms with Gasteiger partial charge in [-0.2, -0.15) is 0 Å². The predicted molar refractivity (Wildman–Crippen MR) is 98.0 cm³/mol. The lowest BCUT2D eigenvalue weighted by atomic mass is 9.92. The number of nitrogens with zero attached hydrogens (tertiary/aromatic N) is 1. The SMILES string of the molecule is O=C([C@H]1C[C@H]2C=C[C@H]1C2)N1CC[C@H](c2ccccc2Cl)S(=O)(=O)CC1. The van der Waals surface area contributed by atoms with Gasteiger partial charge in [-0.1, -0.05) is 42.0 Å². The Morgan fingerprint density at radius 3 is 2.60 bits per heavy atom. The van der Waals surface area contributed by atoms with Gasteiger partial charge in [-0.15, -0.1) is 0 Å². The van der Waals surface area contributed by atoms with Crippen molar-refractivity contribution in [2.24, 2.45) is 17.8 Å². The van der Waals surface area contributed by atoms with Crippen molar-refractivity contribution in [2.75, 3.05) is 18.8 Å². The third-order valence-corrected chi connectivity index (χ3v) is 8.35. The van der Waals surface area contributed by atoms with E-state index in [4.69, 9.17) is 11.6 Å². The van der Waals surface area contributed by atoms with E-state index in [1.807, 2.05) is 6.07 Å². The van der Waals surface area contributed by atoms with Crippen LogP contribution in [-0.4, -0.2) is 38.1 Å². The molecular formula is C19H22ClNO3S. The van der Waals surface area contributed by atoms with E-state index >= 15 is 0 Å². The summed E-state index contributed by atoms with van der Waals surface area (Å²) < 4.78 is 25.5. The summed E-state index contributed by atoms with van der Waals surface area (Å²) in [5, 5.41) is -0.145. The van der Waals surface area contributed by atoms with Gasteiger partial charge >= 0.3 is 0 Å². The van der Waals surface area contributed by atoms with Gasteiger partial charge in [0, 0.05) is 24.0 Å². The molecule has 0 N–H and O–H groups in total. The normalized spacial score (nSPS) is 33.4. The lowest BCUT2D eigenvalue weighted by Crippen LogP contribution is -2.39. The van der Waals surface area contributed by atoms with Crippen molar-refractivity contribution < 1.29 is 13.2 Å². The van der Waals surface area contributed by atoms with Crippen LogP contribution in [0.5, 0.6) is 0 Å². The van der Waals surface area contributed by atoms with E-state index in [0.717, 1.165) is 12.8 Å². The number of rotatable bonds is 2. The molecule has 1 amide bonds. The van der Waals surface area contributed by atoms with Crippen LogP contribution < -0.4 is 0 Å². The standard InChI is InChI=1S/C19H22ClNO3S/c20-17-4-2-1-3-15(17)18-7-8-21(9-10-25(18,23)24)19(22)16-12-13-5-6-14(16)11-13/h1-6,13-14,16,18H,7-12H2/t13-,14-,16-,18+/m0/s1. The maximum absolute atomic E-state index is 12.9. The number of fused-ring (bicyclic) bond motifs is 2. The summed E-state index contributed by atoms with van der Waals surface area (Å²) in [6.45, 7) is 0.769. The molecule has 1 aliphatic heterocycles. The number of carbonyl (C=O) groups is 1. The van der Waals surface area contributed by atoms with Gasteiger partial charge in [0.2, 0.25) is 5.91 Å². The zero-order valence-electron chi connectivity index (χ0n) is 14.0. The fraction of sp³-hybridized carbons (Fsp3) is 0.526. The highest BCUT2D eigenvalue weighted by atomic mass is 35.5. The molecule has 25 heavy (non-hydrogen) atoms. The Balaban J connectivity index is 1.53. The van der Waals surface area contributed by atoms with E-state index in [2.05, 4.69) is 12.2 Å². The maximum Gasteiger partial charge on any atom is 0.226 e. The summed E-state index contributed by atoms with van der Waals surface area (Å²) in [4.78, 5) is 14.7. The van der Waals surface area contributed by atoms with Gasteiger partial charge in [-0.05, 0) is 42.7 Å². The summed E-state index contributed by atoms with van der Waals surface area (Å²) in [7, 11) is -3.33. The van der Waals surface area contributed by atoms with Crippen LogP contribution in [0, 0.1) is 17.8 Å². The minimum atomic E-state index is -3.33. The van der Waals surface area contributed by atoms with Crippen LogP contribution in [0.1, 0.15) is 30.1 Å². The smallest absolute Gasteiger partial charge is 0.226 e. The summed E-state index contributed by atoms with van der Waals surface area (Å²) in [6.07, 6.45) is 6.78. The Kier molecular flexibility index (Phi) is 4.40. The fourth-order valence-electron chi connectivity index (χ4n) is 4.55. The first kappa shape index (κ1) is 17.1. The second-order valence-corrected chi connectivity index (χ2v) is 10.1. The molecule has 1 saturated carbocycles. The van der Waals surface area contributed by atoms with Gasteiger partial charge in [-0.3, -0.25) is 4.79 Å². The minimum Gasteiger partial charge on any atom is -0.341 e. The Morgan fingerprint density at radius 2 is 1.92 bits per heavy atom. The molecule has 2 aliphatic carbocycles. The molecule has 0 radical (unpaired) electrons. The molecule has 6 heteroatoms. The van der Waals surface area contributed by atoms with Crippen molar-refractivity contribution in [3.63, 3.8) is 0 Å². The Bertz CT molecular complexity index is 820. The number of hydrogen-bond donors (Lipinski definition) is 0. The number of halogens is 1. The molecule has 1 aromatic rings. The van der Waals surface area contributed by atoms with Crippen LogP contribution in [0.2, 0.25) is 5.02 Å². The average molecular weight is 380 g/mol. The molecule has 134 valence electrons. The molecule has 1 aromatic carbocycles. The van der Waals surface area contributed by atoms with E-state index in [1.165, 1.54) is 0 Å². The first-order valence-corrected chi connectivity index (χ1v) is 11.0. The van der Waals surface area contributed by atoms with E-state index in [1.54, 1.807) is 23.1 Å². The molecule has 4 atom stereocenters. The van der Waals surface area contributed by atoms with E-state index in [-0.39, 0.29) is 17.6 Å². The fourth-order valence-corrected chi connectivity index (χ4v) is 6.70. The van der Waals surface area contributed by atoms with Crippen LogP contribution in [0.3, 0.4) is 0 Å². The van der Waals surface area contributed by atoms with E-state index < -0.39 is 15.1 Å². The zero-order chi connectivity index (χ0) is 17.6. The van der Waals surface area contributed by atoms with Gasteiger partial charge < -0.3 is 4.90 Å².